The van der Waals surface area contributed by atoms with Crippen molar-refractivity contribution in [3.63, 3.8) is 0 Å². The van der Waals surface area contributed by atoms with Crippen molar-refractivity contribution in [2.45, 2.75) is 25.3 Å². The molecule has 68 valence electrons. The largest absolute Gasteiger partial charge is 0.351 e. The predicted octanol–water partition coefficient (Wildman–Crippen LogP) is -0.512. The first-order valence-corrected chi connectivity index (χ1v) is 4.46. The summed E-state index contributed by atoms with van der Waals surface area (Å²) in [5, 5.41) is 5.88. The first-order valence-electron chi connectivity index (χ1n) is 4.05. The Hall–Kier alpha value is -0.680. The molecule has 1 aliphatic heterocycles. The van der Waals surface area contributed by atoms with Gasteiger partial charge in [0.1, 0.15) is 6.04 Å². The normalized spacial score (nSPS) is 22.2. The van der Waals surface area contributed by atoms with Gasteiger partial charge in [0.25, 0.3) is 0 Å². The molecule has 12 heavy (non-hydrogen) atoms. The molecule has 0 radical (unpaired) electrons. The molecule has 1 saturated heterocycles. The van der Waals surface area contributed by atoms with E-state index >= 15 is 0 Å². The van der Waals surface area contributed by atoms with Crippen LogP contribution in [0.25, 0.3) is 0 Å². The van der Waals surface area contributed by atoms with Crippen molar-refractivity contribution in [2.75, 3.05) is 6.54 Å². The van der Waals surface area contributed by atoms with Crippen LogP contribution < -0.4 is 16.4 Å². The summed E-state index contributed by atoms with van der Waals surface area (Å²) in [6, 6.07) is -0.135. The van der Waals surface area contributed by atoms with Crippen molar-refractivity contribution < 1.29 is 4.79 Å². The Labute approximate surface area is 76.9 Å². The average Bonchev–Trinajstić information content (AvgIpc) is 2.31. The minimum Gasteiger partial charge on any atom is -0.351 e. The van der Waals surface area contributed by atoms with Crippen molar-refractivity contribution in [2.24, 2.45) is 5.73 Å². The van der Waals surface area contributed by atoms with E-state index < -0.39 is 0 Å². The van der Waals surface area contributed by atoms with Gasteiger partial charge < -0.3 is 16.4 Å². The van der Waals surface area contributed by atoms with E-state index in [4.69, 9.17) is 18.0 Å². The van der Waals surface area contributed by atoms with Crippen LogP contribution in [0.15, 0.2) is 0 Å². The number of unbranched alkanes of at least 4 members (excludes halogenated alkanes) is 1. The molecule has 1 rings (SSSR count). The van der Waals surface area contributed by atoms with Gasteiger partial charge in [-0.25, -0.2) is 0 Å². The summed E-state index contributed by atoms with van der Waals surface area (Å²) < 4.78 is 0. The number of carbonyl (C=O) groups is 1. The number of nitrogens with two attached hydrogens (primary N) is 1. The zero-order valence-electron chi connectivity index (χ0n) is 6.80. The first kappa shape index (κ1) is 9.41. The quantitative estimate of drug-likeness (QED) is 0.409. The summed E-state index contributed by atoms with van der Waals surface area (Å²) in [5.41, 5.74) is 5.33. The van der Waals surface area contributed by atoms with Gasteiger partial charge >= 0.3 is 0 Å². The molecule has 0 aromatic heterocycles. The van der Waals surface area contributed by atoms with Gasteiger partial charge in [-0.1, -0.05) is 0 Å². The van der Waals surface area contributed by atoms with E-state index in [-0.39, 0.29) is 11.9 Å². The molecule has 0 aliphatic carbocycles. The molecule has 1 unspecified atom stereocenters. The van der Waals surface area contributed by atoms with Crippen LogP contribution in [0.5, 0.6) is 0 Å². The van der Waals surface area contributed by atoms with Crippen LogP contribution in [0, 0.1) is 0 Å². The highest BCUT2D eigenvalue weighted by Gasteiger charge is 2.25. The van der Waals surface area contributed by atoms with Gasteiger partial charge in [0.15, 0.2) is 5.11 Å². The molecule has 0 bridgehead atoms. The standard InChI is InChI=1S/C7H13N3OS/c8-4-2-1-3-5-6(11)10-7(12)9-5/h5H,1-4,8H2,(H2,9,10,11,12). The minimum atomic E-state index is -0.135. The number of hydrogen-bond donors (Lipinski definition) is 3. The smallest absolute Gasteiger partial charge is 0.248 e. The van der Waals surface area contributed by atoms with Gasteiger partial charge in [-0.05, 0) is 38.0 Å². The molecule has 0 aromatic carbocycles. The maximum atomic E-state index is 11.1. The van der Waals surface area contributed by atoms with E-state index in [1.807, 2.05) is 0 Å². The summed E-state index contributed by atoms with van der Waals surface area (Å²) in [6.45, 7) is 0.679. The average molecular weight is 187 g/mol. The molecule has 1 fully saturated rings. The van der Waals surface area contributed by atoms with Crippen molar-refractivity contribution in [3.05, 3.63) is 0 Å². The van der Waals surface area contributed by atoms with Gasteiger partial charge in [0.2, 0.25) is 5.91 Å². The van der Waals surface area contributed by atoms with E-state index in [9.17, 15) is 4.79 Å². The van der Waals surface area contributed by atoms with Gasteiger partial charge in [0.05, 0.1) is 0 Å². The third-order valence-corrected chi connectivity index (χ3v) is 2.03. The molecule has 0 saturated carbocycles. The molecule has 1 heterocycles. The van der Waals surface area contributed by atoms with E-state index in [2.05, 4.69) is 10.6 Å². The molecular formula is C7H13N3OS. The Morgan fingerprint density at radius 1 is 1.50 bits per heavy atom. The third-order valence-electron chi connectivity index (χ3n) is 1.81. The molecule has 1 atom stereocenters. The molecular weight excluding hydrogens is 174 g/mol. The maximum Gasteiger partial charge on any atom is 0.248 e. The van der Waals surface area contributed by atoms with Crippen LogP contribution in [0.4, 0.5) is 0 Å². The minimum absolute atomic E-state index is 0.0166. The number of amides is 1. The molecule has 4 nitrogen and oxygen atoms in total. The fourth-order valence-electron chi connectivity index (χ4n) is 1.15. The highest BCUT2D eigenvalue weighted by atomic mass is 32.1. The predicted molar refractivity (Wildman–Crippen MR) is 50.6 cm³/mol. The van der Waals surface area contributed by atoms with Crippen LogP contribution in [-0.2, 0) is 4.79 Å². The van der Waals surface area contributed by atoms with Crippen LogP contribution in [0.3, 0.4) is 0 Å². The monoisotopic (exact) mass is 187 g/mol. The second-order valence-electron chi connectivity index (χ2n) is 2.80. The summed E-state index contributed by atoms with van der Waals surface area (Å²) in [6.07, 6.45) is 2.73. The Balaban J connectivity index is 2.24. The lowest BCUT2D eigenvalue weighted by Crippen LogP contribution is -2.28. The number of rotatable bonds is 4. The topological polar surface area (TPSA) is 67.2 Å². The summed E-state index contributed by atoms with van der Waals surface area (Å²) in [5.74, 6) is -0.0166. The second-order valence-corrected chi connectivity index (χ2v) is 3.21. The Bertz CT molecular complexity index is 195. The molecule has 5 heteroatoms. The van der Waals surface area contributed by atoms with Crippen LogP contribution >= 0.6 is 12.2 Å². The van der Waals surface area contributed by atoms with Crippen molar-refractivity contribution in [1.29, 1.82) is 0 Å². The highest BCUT2D eigenvalue weighted by molar-refractivity contribution is 7.80. The zero-order valence-corrected chi connectivity index (χ0v) is 7.62. The van der Waals surface area contributed by atoms with E-state index in [1.54, 1.807) is 0 Å². The maximum absolute atomic E-state index is 11.1. The van der Waals surface area contributed by atoms with Crippen LogP contribution in [0.2, 0.25) is 0 Å². The Kier molecular flexibility index (Phi) is 3.43. The van der Waals surface area contributed by atoms with Gasteiger partial charge in [-0.3, -0.25) is 4.79 Å². The van der Waals surface area contributed by atoms with Crippen molar-refractivity contribution in [3.8, 4) is 0 Å². The van der Waals surface area contributed by atoms with E-state index in [0.717, 1.165) is 19.3 Å². The van der Waals surface area contributed by atoms with Crippen molar-refractivity contribution >= 4 is 23.2 Å². The zero-order chi connectivity index (χ0) is 8.97. The molecule has 0 aromatic rings. The number of carbonyl (C=O) groups excluding carboxylic acids is 1. The van der Waals surface area contributed by atoms with Crippen molar-refractivity contribution in [1.82, 2.24) is 10.6 Å². The lowest BCUT2D eigenvalue weighted by Gasteiger charge is -2.05. The summed E-state index contributed by atoms with van der Waals surface area (Å²) in [4.78, 5) is 11.1. The number of hydrogen-bond acceptors (Lipinski definition) is 3. The van der Waals surface area contributed by atoms with Gasteiger partial charge in [0, 0.05) is 0 Å². The van der Waals surface area contributed by atoms with Crippen LogP contribution in [-0.4, -0.2) is 23.6 Å². The van der Waals surface area contributed by atoms with E-state index in [0.29, 0.717) is 11.7 Å². The van der Waals surface area contributed by atoms with Gasteiger partial charge in [-0.15, -0.1) is 0 Å². The molecule has 0 spiro atoms. The number of nitrogens with one attached hydrogen (secondary N) is 2. The Morgan fingerprint density at radius 2 is 2.25 bits per heavy atom. The van der Waals surface area contributed by atoms with Gasteiger partial charge in [-0.2, -0.15) is 0 Å². The fourth-order valence-corrected chi connectivity index (χ4v) is 1.40. The third kappa shape index (κ3) is 2.42. The summed E-state index contributed by atoms with van der Waals surface area (Å²) in [7, 11) is 0. The molecule has 1 amide bonds. The highest BCUT2D eigenvalue weighted by Crippen LogP contribution is 2.03. The SMILES string of the molecule is NCCCCC1NC(=S)NC1=O. The first-order chi connectivity index (χ1) is 5.74. The molecule has 1 aliphatic rings. The van der Waals surface area contributed by atoms with E-state index in [1.165, 1.54) is 0 Å². The molecule has 4 N–H and O–H groups in total. The summed E-state index contributed by atoms with van der Waals surface area (Å²) >= 11 is 4.78. The lowest BCUT2D eigenvalue weighted by atomic mass is 10.1. The lowest BCUT2D eigenvalue weighted by molar-refractivity contribution is -0.120. The Morgan fingerprint density at radius 3 is 2.75 bits per heavy atom. The van der Waals surface area contributed by atoms with Crippen LogP contribution in [0.1, 0.15) is 19.3 Å². The second kappa shape index (κ2) is 4.37. The number of thiocarbonyl (C=S) groups is 1. The fraction of sp³-hybridized carbons (Fsp3) is 0.714.